The Morgan fingerprint density at radius 2 is 1.63 bits per heavy atom. The topological polar surface area (TPSA) is 70.1 Å². The number of fused-ring (bicyclic) bond motifs is 3. The van der Waals surface area contributed by atoms with E-state index < -0.39 is 0 Å². The minimum absolute atomic E-state index is 0.179. The summed E-state index contributed by atoms with van der Waals surface area (Å²) < 4.78 is 0. The molecule has 0 aliphatic heterocycles. The zero-order valence-corrected chi connectivity index (χ0v) is 16.8. The second kappa shape index (κ2) is 8.00. The molecule has 0 saturated carbocycles. The average molecular weight is 411 g/mol. The summed E-state index contributed by atoms with van der Waals surface area (Å²) in [4.78, 5) is 19.9. The van der Waals surface area contributed by atoms with Crippen LogP contribution in [0.1, 0.15) is 5.56 Å². The number of carbonyl (C=O) groups is 1. The molecule has 0 aliphatic rings. The molecule has 0 radical (unpaired) electrons. The highest BCUT2D eigenvalue weighted by atomic mass is 32.2. The van der Waals surface area contributed by atoms with Gasteiger partial charge < -0.3 is 4.98 Å². The van der Waals surface area contributed by atoms with Crippen LogP contribution in [0.3, 0.4) is 0 Å². The van der Waals surface area contributed by atoms with Crippen molar-refractivity contribution in [2.45, 2.75) is 5.16 Å². The molecular formula is C24H18N4OS. The van der Waals surface area contributed by atoms with Gasteiger partial charge in [-0.15, -0.1) is 0 Å². The number of aromatic amines is 1. The molecule has 146 valence electrons. The summed E-state index contributed by atoms with van der Waals surface area (Å²) in [5.74, 6) is 0.0502. The van der Waals surface area contributed by atoms with Gasteiger partial charge in [0.15, 0.2) is 5.16 Å². The molecule has 4 aromatic carbocycles. The summed E-state index contributed by atoms with van der Waals surface area (Å²) in [5.41, 5.74) is 5.48. The maximum absolute atomic E-state index is 12.3. The summed E-state index contributed by atoms with van der Waals surface area (Å²) in [6.07, 6.45) is 1.73. The van der Waals surface area contributed by atoms with Crippen molar-refractivity contribution in [2.24, 2.45) is 5.10 Å². The molecule has 0 saturated heterocycles. The van der Waals surface area contributed by atoms with E-state index in [1.807, 2.05) is 48.5 Å². The van der Waals surface area contributed by atoms with Crippen molar-refractivity contribution in [1.82, 2.24) is 15.4 Å². The Morgan fingerprint density at radius 3 is 2.37 bits per heavy atom. The van der Waals surface area contributed by atoms with E-state index in [1.54, 1.807) is 6.21 Å². The number of nitrogens with zero attached hydrogens (tertiary/aromatic N) is 2. The van der Waals surface area contributed by atoms with Crippen molar-refractivity contribution in [3.8, 4) is 0 Å². The van der Waals surface area contributed by atoms with Crippen molar-refractivity contribution < 1.29 is 4.79 Å². The molecule has 1 aromatic heterocycles. The van der Waals surface area contributed by atoms with Gasteiger partial charge in [-0.3, -0.25) is 4.79 Å². The molecule has 0 unspecified atom stereocenters. The number of carbonyl (C=O) groups excluding carboxylic acids is 1. The molecule has 30 heavy (non-hydrogen) atoms. The van der Waals surface area contributed by atoms with E-state index >= 15 is 0 Å². The lowest BCUT2D eigenvalue weighted by atomic mass is 9.97. The smallest absolute Gasteiger partial charge is 0.250 e. The minimum Gasteiger partial charge on any atom is -0.333 e. The first-order valence-electron chi connectivity index (χ1n) is 9.58. The maximum Gasteiger partial charge on any atom is 0.250 e. The molecule has 0 aliphatic carbocycles. The van der Waals surface area contributed by atoms with Gasteiger partial charge in [-0.05, 0) is 39.7 Å². The number of amides is 1. The Bertz CT molecular complexity index is 1320. The summed E-state index contributed by atoms with van der Waals surface area (Å²) in [6, 6.07) is 26.3. The number of thioether (sulfide) groups is 1. The number of H-pyrrole nitrogens is 1. The SMILES string of the molecule is O=C(CSc1nc2ccccc2[nH]1)N/N=C\c1c2ccccc2cc2ccccc12. The molecule has 5 rings (SSSR count). The first kappa shape index (κ1) is 18.4. The first-order chi connectivity index (χ1) is 14.8. The number of imidazole rings is 1. The zero-order chi connectivity index (χ0) is 20.3. The van der Waals surface area contributed by atoms with Gasteiger partial charge >= 0.3 is 0 Å². The fraction of sp³-hybridized carbons (Fsp3) is 0.0417. The van der Waals surface area contributed by atoms with Crippen molar-refractivity contribution in [2.75, 3.05) is 5.75 Å². The van der Waals surface area contributed by atoms with Crippen LogP contribution in [0.5, 0.6) is 0 Å². The predicted molar refractivity (Wildman–Crippen MR) is 124 cm³/mol. The Kier molecular flexibility index (Phi) is 4.91. The molecule has 5 aromatic rings. The third-order valence-electron chi connectivity index (χ3n) is 4.90. The van der Waals surface area contributed by atoms with Crippen LogP contribution in [-0.2, 0) is 4.79 Å². The van der Waals surface area contributed by atoms with Gasteiger partial charge in [-0.1, -0.05) is 72.4 Å². The molecule has 6 heteroatoms. The fourth-order valence-electron chi connectivity index (χ4n) is 3.52. The van der Waals surface area contributed by atoms with E-state index in [0.29, 0.717) is 0 Å². The molecule has 0 bridgehead atoms. The Labute approximate surface area is 177 Å². The molecule has 5 nitrogen and oxygen atoms in total. The third kappa shape index (κ3) is 3.65. The highest BCUT2D eigenvalue weighted by molar-refractivity contribution is 7.99. The van der Waals surface area contributed by atoms with Crippen molar-refractivity contribution in [3.05, 3.63) is 84.4 Å². The Morgan fingerprint density at radius 1 is 0.967 bits per heavy atom. The quantitative estimate of drug-likeness (QED) is 0.183. The summed E-state index contributed by atoms with van der Waals surface area (Å²) in [7, 11) is 0. The van der Waals surface area contributed by atoms with Gasteiger partial charge in [0.25, 0.3) is 5.91 Å². The van der Waals surface area contributed by atoms with Crippen LogP contribution in [0.15, 0.2) is 89.1 Å². The van der Waals surface area contributed by atoms with Crippen LogP contribution < -0.4 is 5.43 Å². The highest BCUT2D eigenvalue weighted by Gasteiger charge is 2.08. The minimum atomic E-state index is -0.179. The fourth-order valence-corrected chi connectivity index (χ4v) is 4.20. The van der Waals surface area contributed by atoms with E-state index in [4.69, 9.17) is 0 Å². The second-order valence-corrected chi connectivity index (χ2v) is 7.84. The van der Waals surface area contributed by atoms with E-state index in [1.165, 1.54) is 11.8 Å². The molecule has 1 amide bonds. The monoisotopic (exact) mass is 410 g/mol. The van der Waals surface area contributed by atoms with Gasteiger partial charge in [0.1, 0.15) is 0 Å². The number of benzene rings is 4. The summed E-state index contributed by atoms with van der Waals surface area (Å²) in [5, 5.41) is 9.44. The Hall–Kier alpha value is -3.64. The largest absolute Gasteiger partial charge is 0.333 e. The number of hydrogen-bond donors (Lipinski definition) is 2. The zero-order valence-electron chi connectivity index (χ0n) is 16.0. The van der Waals surface area contributed by atoms with Crippen LogP contribution in [0.4, 0.5) is 0 Å². The number of rotatable bonds is 5. The lowest BCUT2D eigenvalue weighted by Gasteiger charge is -2.07. The normalized spacial score (nSPS) is 11.6. The Balaban J connectivity index is 1.32. The summed E-state index contributed by atoms with van der Waals surface area (Å²) >= 11 is 1.35. The predicted octanol–water partition coefficient (Wildman–Crippen LogP) is 5.11. The number of aromatic nitrogens is 2. The van der Waals surface area contributed by atoms with Crippen LogP contribution in [0.25, 0.3) is 32.6 Å². The van der Waals surface area contributed by atoms with Crippen LogP contribution in [0, 0.1) is 0 Å². The highest BCUT2D eigenvalue weighted by Crippen LogP contribution is 2.27. The molecule has 2 N–H and O–H groups in total. The van der Waals surface area contributed by atoms with Gasteiger partial charge in [-0.2, -0.15) is 5.10 Å². The van der Waals surface area contributed by atoms with Gasteiger partial charge in [0, 0.05) is 5.56 Å². The van der Waals surface area contributed by atoms with Crippen LogP contribution in [-0.4, -0.2) is 27.8 Å². The standard InChI is InChI=1S/C24H18N4OS/c29-23(15-30-24-26-21-11-5-6-12-22(21)27-24)28-25-14-20-18-9-3-1-7-16(18)13-17-8-2-4-10-19(17)20/h1-14H,15H2,(H,26,27)(H,28,29)/b25-14-. The third-order valence-corrected chi connectivity index (χ3v) is 5.78. The van der Waals surface area contributed by atoms with E-state index in [-0.39, 0.29) is 11.7 Å². The maximum atomic E-state index is 12.3. The number of hydrazone groups is 1. The molecule has 0 spiro atoms. The number of para-hydroxylation sites is 2. The van der Waals surface area contributed by atoms with E-state index in [0.717, 1.165) is 43.3 Å². The van der Waals surface area contributed by atoms with Gasteiger partial charge in [-0.25, -0.2) is 10.4 Å². The van der Waals surface area contributed by atoms with Crippen molar-refractivity contribution in [1.29, 1.82) is 0 Å². The number of hydrogen-bond acceptors (Lipinski definition) is 4. The molecule has 0 atom stereocenters. The molecular weight excluding hydrogens is 392 g/mol. The van der Waals surface area contributed by atoms with Crippen LogP contribution in [0.2, 0.25) is 0 Å². The van der Waals surface area contributed by atoms with E-state index in [9.17, 15) is 4.79 Å². The first-order valence-corrected chi connectivity index (χ1v) is 10.6. The summed E-state index contributed by atoms with van der Waals surface area (Å²) in [6.45, 7) is 0. The van der Waals surface area contributed by atoms with Gasteiger partial charge in [0.2, 0.25) is 0 Å². The van der Waals surface area contributed by atoms with Crippen molar-refractivity contribution in [3.63, 3.8) is 0 Å². The second-order valence-electron chi connectivity index (χ2n) is 6.87. The van der Waals surface area contributed by atoms with Crippen LogP contribution >= 0.6 is 11.8 Å². The average Bonchev–Trinajstić information content (AvgIpc) is 3.20. The lowest BCUT2D eigenvalue weighted by Crippen LogP contribution is -2.19. The van der Waals surface area contributed by atoms with Gasteiger partial charge in [0.05, 0.1) is 23.0 Å². The molecule has 1 heterocycles. The van der Waals surface area contributed by atoms with E-state index in [2.05, 4.69) is 50.8 Å². The van der Waals surface area contributed by atoms with Crippen molar-refractivity contribution >= 4 is 56.5 Å². The molecule has 0 fully saturated rings. The number of nitrogens with one attached hydrogen (secondary N) is 2. The lowest BCUT2D eigenvalue weighted by molar-refractivity contribution is -0.118.